The predicted octanol–water partition coefficient (Wildman–Crippen LogP) is 3.30. The van der Waals surface area contributed by atoms with Gasteiger partial charge < -0.3 is 15.1 Å². The van der Waals surface area contributed by atoms with Crippen LogP contribution in [0.3, 0.4) is 0 Å². The molecule has 7 heteroatoms. The number of aromatic nitrogens is 1. The highest BCUT2D eigenvalue weighted by atomic mass is 35.5. The summed E-state index contributed by atoms with van der Waals surface area (Å²) in [5.74, 6) is -0.234. The lowest BCUT2D eigenvalue weighted by Gasteiger charge is -2.35. The van der Waals surface area contributed by atoms with Crippen molar-refractivity contribution in [3.8, 4) is 0 Å². The van der Waals surface area contributed by atoms with E-state index in [0.29, 0.717) is 11.0 Å². The first-order valence-corrected chi connectivity index (χ1v) is 8.38. The third kappa shape index (κ3) is 3.69. The van der Waals surface area contributed by atoms with Crippen molar-refractivity contribution in [1.29, 1.82) is 0 Å². The van der Waals surface area contributed by atoms with E-state index in [1.54, 1.807) is 12.3 Å². The number of likely N-dealkylation sites (N-methyl/N-ethyl adjacent to an activating group) is 1. The number of anilines is 2. The lowest BCUT2D eigenvalue weighted by Crippen LogP contribution is -2.44. The van der Waals surface area contributed by atoms with Crippen molar-refractivity contribution in [2.75, 3.05) is 43.4 Å². The van der Waals surface area contributed by atoms with Gasteiger partial charge in [0.1, 0.15) is 5.82 Å². The Kier molecular flexibility index (Phi) is 4.81. The minimum atomic E-state index is -0.234. The molecule has 0 unspecified atom stereocenters. The van der Waals surface area contributed by atoms with E-state index in [1.807, 2.05) is 6.07 Å². The van der Waals surface area contributed by atoms with Gasteiger partial charge in [-0.2, -0.15) is 0 Å². The molecule has 0 amide bonds. The second-order valence-electron chi connectivity index (χ2n) is 5.38. The molecular weight excluding hydrogens is 323 g/mol. The van der Waals surface area contributed by atoms with Crippen LogP contribution >= 0.6 is 22.9 Å². The minimum absolute atomic E-state index is 0.234. The van der Waals surface area contributed by atoms with Gasteiger partial charge in [-0.1, -0.05) is 11.6 Å². The van der Waals surface area contributed by atoms with Crippen LogP contribution in [0.5, 0.6) is 0 Å². The maximum atomic E-state index is 13.6. The molecule has 1 aliphatic rings. The van der Waals surface area contributed by atoms with E-state index in [1.165, 1.54) is 17.4 Å². The van der Waals surface area contributed by atoms with E-state index in [9.17, 15) is 4.39 Å². The van der Waals surface area contributed by atoms with E-state index in [-0.39, 0.29) is 5.82 Å². The average molecular weight is 341 g/mol. The Hall–Kier alpha value is -1.37. The molecule has 1 aromatic heterocycles. The van der Waals surface area contributed by atoms with Gasteiger partial charge >= 0.3 is 0 Å². The number of benzene rings is 1. The second kappa shape index (κ2) is 6.81. The van der Waals surface area contributed by atoms with Crippen LogP contribution in [0.25, 0.3) is 0 Å². The lowest BCUT2D eigenvalue weighted by atomic mass is 10.2. The number of thiazole rings is 1. The first kappa shape index (κ1) is 15.5. The van der Waals surface area contributed by atoms with Gasteiger partial charge in [-0.05, 0) is 25.2 Å². The molecule has 0 spiro atoms. The predicted molar refractivity (Wildman–Crippen MR) is 90.6 cm³/mol. The average Bonchev–Trinajstić information content (AvgIpc) is 2.92. The highest BCUT2D eigenvalue weighted by Crippen LogP contribution is 2.29. The van der Waals surface area contributed by atoms with Gasteiger partial charge in [0.15, 0.2) is 4.47 Å². The number of nitrogens with one attached hydrogen (secondary N) is 1. The number of halogens is 2. The minimum Gasteiger partial charge on any atom is -0.378 e. The molecule has 1 saturated heterocycles. The summed E-state index contributed by atoms with van der Waals surface area (Å²) in [6.45, 7) is 4.52. The maximum absolute atomic E-state index is 13.6. The fourth-order valence-corrected chi connectivity index (χ4v) is 3.44. The number of hydrogen-bond donors (Lipinski definition) is 1. The zero-order valence-electron chi connectivity index (χ0n) is 12.4. The first-order valence-electron chi connectivity index (χ1n) is 7.19. The molecule has 1 aliphatic heterocycles. The molecule has 118 valence electrons. The van der Waals surface area contributed by atoms with Crippen molar-refractivity contribution < 1.29 is 4.39 Å². The Morgan fingerprint density at radius 2 is 2.09 bits per heavy atom. The van der Waals surface area contributed by atoms with E-state index in [4.69, 9.17) is 11.6 Å². The van der Waals surface area contributed by atoms with Crippen molar-refractivity contribution in [3.63, 3.8) is 0 Å². The van der Waals surface area contributed by atoms with Crippen molar-refractivity contribution in [2.45, 2.75) is 6.54 Å². The van der Waals surface area contributed by atoms with Crippen LogP contribution in [0, 0.1) is 5.82 Å². The van der Waals surface area contributed by atoms with E-state index < -0.39 is 0 Å². The fraction of sp³-hybridized carbons (Fsp3) is 0.400. The Morgan fingerprint density at radius 1 is 1.32 bits per heavy atom. The standard InChI is InChI=1S/C15H18ClFN4S/c1-20-4-6-21(7-5-20)14-3-2-11(17)8-13(14)18-9-12-10-19-15(16)22-12/h2-3,8,10,18H,4-7,9H2,1H3. The SMILES string of the molecule is CN1CCN(c2ccc(F)cc2NCc2cnc(Cl)s2)CC1. The maximum Gasteiger partial charge on any atom is 0.183 e. The number of nitrogens with zero attached hydrogens (tertiary/aromatic N) is 3. The highest BCUT2D eigenvalue weighted by molar-refractivity contribution is 7.15. The molecule has 0 radical (unpaired) electrons. The number of hydrogen-bond acceptors (Lipinski definition) is 5. The molecule has 1 fully saturated rings. The summed E-state index contributed by atoms with van der Waals surface area (Å²) >= 11 is 7.27. The molecule has 3 rings (SSSR count). The summed E-state index contributed by atoms with van der Waals surface area (Å²) < 4.78 is 14.1. The molecule has 0 bridgehead atoms. The summed E-state index contributed by atoms with van der Waals surface area (Å²) in [7, 11) is 2.12. The highest BCUT2D eigenvalue weighted by Gasteiger charge is 2.17. The van der Waals surface area contributed by atoms with Crippen LogP contribution in [-0.2, 0) is 6.54 Å². The van der Waals surface area contributed by atoms with Gasteiger partial charge in [-0.3, -0.25) is 0 Å². The number of piperazine rings is 1. The van der Waals surface area contributed by atoms with E-state index in [2.05, 4.69) is 27.1 Å². The first-order chi connectivity index (χ1) is 10.6. The van der Waals surface area contributed by atoms with Crippen LogP contribution in [0.1, 0.15) is 4.88 Å². The summed E-state index contributed by atoms with van der Waals surface area (Å²) in [4.78, 5) is 9.64. The van der Waals surface area contributed by atoms with Crippen LogP contribution in [-0.4, -0.2) is 43.1 Å². The van der Waals surface area contributed by atoms with Crippen LogP contribution in [0.15, 0.2) is 24.4 Å². The van der Waals surface area contributed by atoms with E-state index in [0.717, 1.165) is 42.4 Å². The van der Waals surface area contributed by atoms with E-state index >= 15 is 0 Å². The van der Waals surface area contributed by atoms with Gasteiger partial charge in [0.2, 0.25) is 0 Å². The zero-order valence-corrected chi connectivity index (χ0v) is 13.9. The third-order valence-corrected chi connectivity index (χ3v) is 4.90. The lowest BCUT2D eigenvalue weighted by molar-refractivity contribution is 0.313. The Morgan fingerprint density at radius 3 is 2.77 bits per heavy atom. The van der Waals surface area contributed by atoms with Crippen molar-refractivity contribution in [1.82, 2.24) is 9.88 Å². The van der Waals surface area contributed by atoms with Crippen molar-refractivity contribution in [3.05, 3.63) is 39.6 Å². The molecule has 0 saturated carbocycles. The van der Waals surface area contributed by atoms with Gasteiger partial charge in [0.25, 0.3) is 0 Å². The molecule has 2 heterocycles. The normalized spacial score (nSPS) is 16.0. The summed E-state index contributed by atoms with van der Waals surface area (Å²) in [5.41, 5.74) is 1.86. The van der Waals surface area contributed by atoms with Crippen LogP contribution in [0.2, 0.25) is 4.47 Å². The Bertz CT molecular complexity index is 640. The zero-order chi connectivity index (χ0) is 15.5. The van der Waals surface area contributed by atoms with Crippen LogP contribution in [0.4, 0.5) is 15.8 Å². The molecule has 1 aromatic carbocycles. The van der Waals surface area contributed by atoms with Crippen LogP contribution < -0.4 is 10.2 Å². The van der Waals surface area contributed by atoms with Crippen molar-refractivity contribution in [2.24, 2.45) is 0 Å². The third-order valence-electron chi connectivity index (χ3n) is 3.78. The molecule has 0 aliphatic carbocycles. The number of rotatable bonds is 4. The molecule has 2 aromatic rings. The molecule has 0 atom stereocenters. The fourth-order valence-electron chi connectivity index (χ4n) is 2.52. The monoisotopic (exact) mass is 340 g/mol. The summed E-state index contributed by atoms with van der Waals surface area (Å²) in [6.07, 6.45) is 1.74. The topological polar surface area (TPSA) is 31.4 Å². The van der Waals surface area contributed by atoms with Gasteiger partial charge in [0, 0.05) is 37.3 Å². The quantitative estimate of drug-likeness (QED) is 0.925. The molecule has 4 nitrogen and oxygen atoms in total. The molecular formula is C15H18ClFN4S. The second-order valence-corrected chi connectivity index (χ2v) is 7.08. The summed E-state index contributed by atoms with van der Waals surface area (Å²) in [5, 5.41) is 3.31. The van der Waals surface area contributed by atoms with Gasteiger partial charge in [-0.15, -0.1) is 11.3 Å². The molecule has 22 heavy (non-hydrogen) atoms. The van der Waals surface area contributed by atoms with Crippen molar-refractivity contribution >= 4 is 34.3 Å². The largest absolute Gasteiger partial charge is 0.378 e. The van der Waals surface area contributed by atoms with Gasteiger partial charge in [-0.25, -0.2) is 9.37 Å². The Labute approximate surface area is 138 Å². The summed E-state index contributed by atoms with van der Waals surface area (Å²) in [6, 6.07) is 4.92. The van der Waals surface area contributed by atoms with Gasteiger partial charge in [0.05, 0.1) is 17.9 Å². The Balaban J connectivity index is 1.75. The smallest absolute Gasteiger partial charge is 0.183 e. The molecule has 1 N–H and O–H groups in total.